The number of β-amino-alcohol motifs (C(OH)–C–C–N with tert-alkyl or cyclic N) is 1. The van der Waals surface area contributed by atoms with E-state index in [4.69, 9.17) is 0 Å². The van der Waals surface area contributed by atoms with Crippen molar-refractivity contribution in [3.63, 3.8) is 0 Å². The summed E-state index contributed by atoms with van der Waals surface area (Å²) >= 11 is 0. The minimum atomic E-state index is -0.617. The molecular weight excluding hydrogens is 235 g/mol. The van der Waals surface area contributed by atoms with E-state index >= 15 is 0 Å². The number of halogens is 1. The Hall–Kier alpha value is -1.46. The molecule has 0 radical (unpaired) electrons. The van der Waals surface area contributed by atoms with Crippen LogP contribution in [0.2, 0.25) is 0 Å². The standard InChI is InChI=1S/C13H17FN2O2/c14-12-3-1-11(2-4-12)13(18)9-15-5-7-16(10-17)8-6-15/h1-4,10,13,18H,5-9H2. The molecule has 0 spiro atoms. The molecule has 0 aliphatic carbocycles. The van der Waals surface area contributed by atoms with Crippen molar-refractivity contribution < 1.29 is 14.3 Å². The van der Waals surface area contributed by atoms with Crippen LogP contribution in [0.15, 0.2) is 24.3 Å². The molecule has 1 heterocycles. The Morgan fingerprint density at radius 3 is 2.39 bits per heavy atom. The monoisotopic (exact) mass is 252 g/mol. The molecule has 5 heteroatoms. The first-order chi connectivity index (χ1) is 8.69. The molecule has 1 saturated heterocycles. The highest BCUT2D eigenvalue weighted by Gasteiger charge is 2.18. The molecule has 4 nitrogen and oxygen atoms in total. The summed E-state index contributed by atoms with van der Waals surface area (Å²) in [7, 11) is 0. The first kappa shape index (κ1) is 13.0. The molecule has 1 unspecified atom stereocenters. The molecule has 1 N–H and O–H groups in total. The zero-order valence-electron chi connectivity index (χ0n) is 10.1. The van der Waals surface area contributed by atoms with Crippen molar-refractivity contribution in [1.82, 2.24) is 9.80 Å². The minimum absolute atomic E-state index is 0.300. The average molecular weight is 252 g/mol. The zero-order chi connectivity index (χ0) is 13.0. The second-order valence-electron chi connectivity index (χ2n) is 4.51. The third-order valence-electron chi connectivity index (χ3n) is 3.24. The van der Waals surface area contributed by atoms with E-state index in [9.17, 15) is 14.3 Å². The lowest BCUT2D eigenvalue weighted by molar-refractivity contribution is -0.119. The van der Waals surface area contributed by atoms with Crippen molar-refractivity contribution in [1.29, 1.82) is 0 Å². The van der Waals surface area contributed by atoms with Gasteiger partial charge in [0.1, 0.15) is 5.82 Å². The summed E-state index contributed by atoms with van der Waals surface area (Å²) < 4.78 is 12.8. The lowest BCUT2D eigenvalue weighted by Gasteiger charge is -2.33. The molecule has 1 aromatic carbocycles. The van der Waals surface area contributed by atoms with E-state index in [2.05, 4.69) is 4.90 Å². The van der Waals surface area contributed by atoms with Gasteiger partial charge in [0, 0.05) is 32.7 Å². The van der Waals surface area contributed by atoms with Gasteiger partial charge in [-0.1, -0.05) is 12.1 Å². The van der Waals surface area contributed by atoms with Crippen LogP contribution in [-0.4, -0.2) is 54.0 Å². The van der Waals surface area contributed by atoms with Crippen LogP contribution in [0.4, 0.5) is 4.39 Å². The van der Waals surface area contributed by atoms with E-state index in [0.717, 1.165) is 19.5 Å². The Balaban J connectivity index is 1.86. The number of benzene rings is 1. The number of rotatable bonds is 4. The van der Waals surface area contributed by atoms with Crippen LogP contribution in [-0.2, 0) is 4.79 Å². The summed E-state index contributed by atoms with van der Waals surface area (Å²) in [4.78, 5) is 14.4. The maximum absolute atomic E-state index is 12.8. The fourth-order valence-electron chi connectivity index (χ4n) is 2.09. The van der Waals surface area contributed by atoms with E-state index in [-0.39, 0.29) is 5.82 Å². The fourth-order valence-corrected chi connectivity index (χ4v) is 2.09. The molecule has 18 heavy (non-hydrogen) atoms. The Morgan fingerprint density at radius 1 is 1.22 bits per heavy atom. The molecular formula is C13H17FN2O2. The normalized spacial score (nSPS) is 18.7. The Morgan fingerprint density at radius 2 is 1.83 bits per heavy atom. The van der Waals surface area contributed by atoms with Gasteiger partial charge in [-0.15, -0.1) is 0 Å². The molecule has 0 bridgehead atoms. The van der Waals surface area contributed by atoms with Crippen LogP contribution < -0.4 is 0 Å². The molecule has 0 saturated carbocycles. The average Bonchev–Trinajstić information content (AvgIpc) is 2.40. The van der Waals surface area contributed by atoms with Crippen LogP contribution in [0.5, 0.6) is 0 Å². The number of aliphatic hydroxyl groups excluding tert-OH is 1. The van der Waals surface area contributed by atoms with Gasteiger partial charge in [0.25, 0.3) is 0 Å². The predicted octanol–water partition coefficient (Wildman–Crippen LogP) is 0.633. The SMILES string of the molecule is O=CN1CCN(CC(O)c2ccc(F)cc2)CC1. The summed E-state index contributed by atoms with van der Waals surface area (Å²) in [6, 6.07) is 5.90. The largest absolute Gasteiger partial charge is 0.387 e. The molecule has 0 aromatic heterocycles. The van der Waals surface area contributed by atoms with Gasteiger partial charge in [-0.3, -0.25) is 9.69 Å². The van der Waals surface area contributed by atoms with Gasteiger partial charge in [-0.25, -0.2) is 4.39 Å². The third kappa shape index (κ3) is 3.27. The Bertz CT molecular complexity index is 388. The second kappa shape index (κ2) is 5.93. The Labute approximate surface area is 106 Å². The highest BCUT2D eigenvalue weighted by molar-refractivity contribution is 5.47. The number of amides is 1. The lowest BCUT2D eigenvalue weighted by Crippen LogP contribution is -2.46. The van der Waals surface area contributed by atoms with Gasteiger partial charge in [0.05, 0.1) is 6.10 Å². The van der Waals surface area contributed by atoms with Crippen LogP contribution in [0.1, 0.15) is 11.7 Å². The van der Waals surface area contributed by atoms with E-state index in [1.54, 1.807) is 17.0 Å². The zero-order valence-corrected chi connectivity index (χ0v) is 10.1. The van der Waals surface area contributed by atoms with E-state index in [0.29, 0.717) is 25.2 Å². The third-order valence-corrected chi connectivity index (χ3v) is 3.24. The van der Waals surface area contributed by atoms with Crippen molar-refractivity contribution >= 4 is 6.41 Å². The first-order valence-corrected chi connectivity index (χ1v) is 6.04. The number of hydrogen-bond donors (Lipinski definition) is 1. The molecule has 2 rings (SSSR count). The molecule has 1 amide bonds. The van der Waals surface area contributed by atoms with E-state index in [1.807, 2.05) is 0 Å². The quantitative estimate of drug-likeness (QED) is 0.799. The highest BCUT2D eigenvalue weighted by Crippen LogP contribution is 2.15. The summed E-state index contributed by atoms with van der Waals surface area (Å²) in [5, 5.41) is 10.0. The lowest BCUT2D eigenvalue weighted by atomic mass is 10.1. The van der Waals surface area contributed by atoms with Crippen molar-refractivity contribution in [2.24, 2.45) is 0 Å². The summed E-state index contributed by atoms with van der Waals surface area (Å²) in [5.74, 6) is -0.300. The van der Waals surface area contributed by atoms with Crippen molar-refractivity contribution in [2.45, 2.75) is 6.10 Å². The summed E-state index contributed by atoms with van der Waals surface area (Å²) in [5.41, 5.74) is 0.717. The van der Waals surface area contributed by atoms with Gasteiger partial charge >= 0.3 is 0 Å². The predicted molar refractivity (Wildman–Crippen MR) is 65.4 cm³/mol. The van der Waals surface area contributed by atoms with Crippen LogP contribution in [0.25, 0.3) is 0 Å². The maximum atomic E-state index is 12.8. The van der Waals surface area contributed by atoms with E-state index < -0.39 is 6.10 Å². The number of aliphatic hydroxyl groups is 1. The van der Waals surface area contributed by atoms with Gasteiger partial charge in [-0.2, -0.15) is 0 Å². The smallest absolute Gasteiger partial charge is 0.209 e. The van der Waals surface area contributed by atoms with Crippen molar-refractivity contribution in [2.75, 3.05) is 32.7 Å². The highest BCUT2D eigenvalue weighted by atomic mass is 19.1. The van der Waals surface area contributed by atoms with Crippen molar-refractivity contribution in [3.05, 3.63) is 35.6 Å². The molecule has 1 aliphatic rings. The van der Waals surface area contributed by atoms with Crippen LogP contribution in [0.3, 0.4) is 0 Å². The van der Waals surface area contributed by atoms with Crippen molar-refractivity contribution in [3.8, 4) is 0 Å². The maximum Gasteiger partial charge on any atom is 0.209 e. The number of carbonyl (C=O) groups excluding carboxylic acids is 1. The van der Waals surface area contributed by atoms with Crippen LogP contribution >= 0.6 is 0 Å². The van der Waals surface area contributed by atoms with Gasteiger partial charge < -0.3 is 10.0 Å². The number of nitrogens with zero attached hydrogens (tertiary/aromatic N) is 2. The first-order valence-electron chi connectivity index (χ1n) is 6.04. The number of piperazine rings is 1. The molecule has 98 valence electrons. The molecule has 1 aromatic rings. The summed E-state index contributed by atoms with van der Waals surface area (Å²) in [6.45, 7) is 3.42. The van der Waals surface area contributed by atoms with Gasteiger partial charge in [0.15, 0.2) is 0 Å². The van der Waals surface area contributed by atoms with E-state index in [1.165, 1.54) is 12.1 Å². The number of hydrogen-bond acceptors (Lipinski definition) is 3. The number of carbonyl (C=O) groups is 1. The topological polar surface area (TPSA) is 43.8 Å². The molecule has 1 atom stereocenters. The minimum Gasteiger partial charge on any atom is -0.387 e. The fraction of sp³-hybridized carbons (Fsp3) is 0.462. The molecule has 1 aliphatic heterocycles. The van der Waals surface area contributed by atoms with Gasteiger partial charge in [0.2, 0.25) is 6.41 Å². The molecule has 1 fully saturated rings. The second-order valence-corrected chi connectivity index (χ2v) is 4.51. The van der Waals surface area contributed by atoms with Gasteiger partial charge in [-0.05, 0) is 17.7 Å². The summed E-state index contributed by atoms with van der Waals surface area (Å²) in [6.07, 6.45) is 0.238. The Kier molecular flexibility index (Phi) is 4.28. The van der Waals surface area contributed by atoms with Crippen LogP contribution in [0, 0.1) is 5.82 Å².